The Hall–Kier alpha value is -2.67. The molecule has 2 fully saturated rings. The number of halogens is 4. The number of alkyl carbamates (subject to hydrolysis) is 1. The second-order valence-corrected chi connectivity index (χ2v) is 17.7. The zero-order valence-corrected chi connectivity index (χ0v) is 34.8. The largest absolute Gasteiger partial charge is 0.495 e. The fourth-order valence-electron chi connectivity index (χ4n) is 7.41. The Morgan fingerprint density at radius 1 is 1.24 bits per heavy atom. The van der Waals surface area contributed by atoms with Gasteiger partial charge in [0.25, 0.3) is 0 Å². The number of likely N-dealkylation sites (N-methyl/N-ethyl adjacent to an activating group) is 1. The molecular weight excluding hydrogens is 787 g/mol. The molecule has 2 saturated heterocycles. The van der Waals surface area contributed by atoms with Gasteiger partial charge in [0.15, 0.2) is 5.72 Å². The normalized spacial score (nSPS) is 31.7. The third kappa shape index (κ3) is 10.3. The third-order valence-corrected chi connectivity index (χ3v) is 12.8. The molecular formula is C37H51ClF3N3O9S2. The average molecular weight is 838 g/mol. The Bertz CT molecular complexity index is 1640. The van der Waals surface area contributed by atoms with Gasteiger partial charge in [-0.15, -0.1) is 0 Å². The van der Waals surface area contributed by atoms with Crippen LogP contribution in [-0.2, 0) is 35.0 Å². The number of nitrogens with zero attached hydrogens (tertiary/aromatic N) is 2. The van der Waals surface area contributed by atoms with Gasteiger partial charge in [0, 0.05) is 32.8 Å². The molecule has 8 atom stereocenters. The van der Waals surface area contributed by atoms with Crippen molar-refractivity contribution in [1.82, 2.24) is 10.2 Å². The van der Waals surface area contributed by atoms with Gasteiger partial charge < -0.3 is 33.7 Å². The fourth-order valence-corrected chi connectivity index (χ4v) is 9.00. The van der Waals surface area contributed by atoms with Crippen LogP contribution in [0.15, 0.2) is 35.9 Å². The van der Waals surface area contributed by atoms with Crippen LogP contribution in [0.1, 0.15) is 58.9 Å². The standard InChI is InChI=1S/C37H51ClF3N3O9S2/c1-21-11-10-12-27(50-8)36(48)19-29(52-33(47)42-36)35(4)20-34(3,53-35)28(18-30(45)44(6)24-16-23(15-21)17-25(49-7)31(24)38)51-32(46)22(2)43(5)26(37(39,40)41)13-14-55-54-9/h10-12,16-17,22,26-29,48H,13-15,18-20H2,1-9H3,(H,42,47)/b12-10+,21-11+/t22-,26?,27+,28-,29-,34+,35-,36-/m0/s1. The Morgan fingerprint density at radius 2 is 1.91 bits per heavy atom. The fraction of sp³-hybridized carbons (Fsp3) is 0.649. The SMILES string of the molecule is COc1cc2cc(c1Cl)N(C)C(=O)C[C@H](OC(=O)[C@H](C)N(C)C(CCSSC)C(F)(F)F)[C@@]1(C)C[C@](C)(O1)[C@@H]1C[C@@](O)(NC(=O)O1)[C@H](OC)/C=C/C=C(\C)C2. The molecule has 0 spiro atoms. The number of benzene rings is 1. The number of amides is 2. The molecule has 2 N–H and O–H groups in total. The molecule has 4 heterocycles. The van der Waals surface area contributed by atoms with Crippen LogP contribution in [0.4, 0.5) is 23.7 Å². The lowest BCUT2D eigenvalue weighted by Gasteiger charge is -2.59. The first-order valence-corrected chi connectivity index (χ1v) is 20.8. The summed E-state index contributed by atoms with van der Waals surface area (Å²) in [6, 6.07) is 0.180. The number of hydrogen-bond acceptors (Lipinski definition) is 12. The number of allylic oxidation sites excluding steroid dienone is 3. The molecule has 4 aliphatic heterocycles. The quantitative estimate of drug-likeness (QED) is 0.152. The lowest BCUT2D eigenvalue weighted by Crippen LogP contribution is -2.72. The minimum atomic E-state index is -4.63. The summed E-state index contributed by atoms with van der Waals surface area (Å²) in [4.78, 5) is 43.0. The first-order chi connectivity index (χ1) is 25.6. The van der Waals surface area contributed by atoms with Gasteiger partial charge in [-0.25, -0.2) is 4.79 Å². The van der Waals surface area contributed by atoms with Crippen molar-refractivity contribution >= 4 is 56.8 Å². The maximum absolute atomic E-state index is 14.2. The average Bonchev–Trinajstić information content (AvgIpc) is 3.09. The number of aliphatic hydroxyl groups is 1. The van der Waals surface area contributed by atoms with Gasteiger partial charge in [0.2, 0.25) is 5.91 Å². The van der Waals surface area contributed by atoms with Crippen molar-refractivity contribution in [2.24, 2.45) is 0 Å². The van der Waals surface area contributed by atoms with E-state index in [1.54, 1.807) is 44.4 Å². The molecule has 2 amide bonds. The van der Waals surface area contributed by atoms with Crippen molar-refractivity contribution in [1.29, 1.82) is 0 Å². The Morgan fingerprint density at radius 3 is 2.51 bits per heavy atom. The van der Waals surface area contributed by atoms with Crippen LogP contribution in [0, 0.1) is 0 Å². The van der Waals surface area contributed by atoms with Crippen molar-refractivity contribution < 1.29 is 56.3 Å². The van der Waals surface area contributed by atoms with E-state index >= 15 is 0 Å². The highest BCUT2D eigenvalue weighted by Gasteiger charge is 2.63. The molecule has 4 aliphatic rings. The lowest BCUT2D eigenvalue weighted by atomic mass is 9.72. The van der Waals surface area contributed by atoms with Crippen LogP contribution in [-0.4, -0.2) is 122 Å². The van der Waals surface area contributed by atoms with Crippen molar-refractivity contribution in [3.8, 4) is 5.75 Å². The zero-order chi connectivity index (χ0) is 41.1. The van der Waals surface area contributed by atoms with Crippen LogP contribution in [0.25, 0.3) is 0 Å². The topological polar surface area (TPSA) is 136 Å². The number of fused-ring (bicyclic) bond motifs is 6. The number of alkyl halides is 3. The Labute approximate surface area is 333 Å². The molecule has 18 heteroatoms. The molecule has 5 rings (SSSR count). The van der Waals surface area contributed by atoms with Crippen molar-refractivity contribution in [2.75, 3.05) is 45.2 Å². The highest BCUT2D eigenvalue weighted by atomic mass is 35.5. The van der Waals surface area contributed by atoms with Crippen LogP contribution in [0.2, 0.25) is 5.02 Å². The molecule has 0 saturated carbocycles. The number of rotatable bonds is 10. The number of methoxy groups -OCH3 is 2. The van der Waals surface area contributed by atoms with Crippen molar-refractivity contribution in [3.05, 3.63) is 46.5 Å². The molecule has 1 unspecified atom stereocenters. The van der Waals surface area contributed by atoms with Gasteiger partial charge in [0.05, 0.1) is 19.2 Å². The number of nitrogens with one attached hydrogen (secondary N) is 1. The highest BCUT2D eigenvalue weighted by molar-refractivity contribution is 8.76. The first-order valence-electron chi connectivity index (χ1n) is 17.7. The Balaban J connectivity index is 1.76. The molecule has 308 valence electrons. The van der Waals surface area contributed by atoms with E-state index in [0.717, 1.165) is 16.0 Å². The number of ether oxygens (including phenoxy) is 5. The molecule has 0 radical (unpaired) electrons. The van der Waals surface area contributed by atoms with Crippen LogP contribution in [0.3, 0.4) is 0 Å². The van der Waals surface area contributed by atoms with Gasteiger partial charge >= 0.3 is 18.2 Å². The zero-order valence-electron chi connectivity index (χ0n) is 32.5. The second-order valence-electron chi connectivity index (χ2n) is 14.7. The predicted molar refractivity (Wildman–Crippen MR) is 206 cm³/mol. The van der Waals surface area contributed by atoms with Gasteiger partial charge in [-0.2, -0.15) is 13.2 Å². The summed E-state index contributed by atoms with van der Waals surface area (Å²) in [6.07, 6.45) is -2.41. The number of esters is 1. The first kappa shape index (κ1) is 45.0. The predicted octanol–water partition coefficient (Wildman–Crippen LogP) is 6.46. The number of anilines is 1. The molecule has 1 aromatic carbocycles. The molecule has 1 aromatic rings. The lowest BCUT2D eigenvalue weighted by molar-refractivity contribution is -0.328. The Kier molecular flexibility index (Phi) is 14.6. The molecule has 55 heavy (non-hydrogen) atoms. The minimum absolute atomic E-state index is 0.0593. The molecule has 6 bridgehead atoms. The summed E-state index contributed by atoms with van der Waals surface area (Å²) in [6.45, 7) is 6.47. The van der Waals surface area contributed by atoms with E-state index in [2.05, 4.69) is 5.32 Å². The summed E-state index contributed by atoms with van der Waals surface area (Å²) >= 11 is 6.73. The summed E-state index contributed by atoms with van der Waals surface area (Å²) in [5.74, 6) is -1.02. The van der Waals surface area contributed by atoms with E-state index in [0.29, 0.717) is 17.9 Å². The van der Waals surface area contributed by atoms with Gasteiger partial charge in [-0.3, -0.25) is 19.8 Å². The maximum Gasteiger partial charge on any atom is 0.409 e. The number of carbonyl (C=O) groups excluding carboxylic acids is 3. The van der Waals surface area contributed by atoms with E-state index in [1.807, 2.05) is 13.0 Å². The second kappa shape index (κ2) is 17.9. The van der Waals surface area contributed by atoms with Crippen molar-refractivity contribution in [3.63, 3.8) is 0 Å². The molecule has 12 nitrogen and oxygen atoms in total. The van der Waals surface area contributed by atoms with E-state index < -0.39 is 77.9 Å². The van der Waals surface area contributed by atoms with Crippen molar-refractivity contribution in [2.45, 2.75) is 113 Å². The van der Waals surface area contributed by atoms with Crippen LogP contribution < -0.4 is 15.0 Å². The van der Waals surface area contributed by atoms with Gasteiger partial charge in [-0.05, 0) is 71.5 Å². The smallest absolute Gasteiger partial charge is 0.409 e. The van der Waals surface area contributed by atoms with E-state index in [1.165, 1.54) is 61.7 Å². The summed E-state index contributed by atoms with van der Waals surface area (Å²) < 4.78 is 71.8. The van der Waals surface area contributed by atoms with Gasteiger partial charge in [0.1, 0.15) is 52.4 Å². The maximum atomic E-state index is 14.2. The summed E-state index contributed by atoms with van der Waals surface area (Å²) in [5, 5.41) is 14.4. The van der Waals surface area contributed by atoms with Crippen LogP contribution in [0.5, 0.6) is 5.75 Å². The van der Waals surface area contributed by atoms with E-state index in [-0.39, 0.29) is 30.0 Å². The van der Waals surface area contributed by atoms with E-state index in [4.69, 9.17) is 35.3 Å². The summed E-state index contributed by atoms with van der Waals surface area (Å²) in [5.41, 5.74) is -2.61. The summed E-state index contributed by atoms with van der Waals surface area (Å²) in [7, 11) is 8.18. The van der Waals surface area contributed by atoms with Crippen LogP contribution >= 0.6 is 33.2 Å². The highest BCUT2D eigenvalue weighted by Crippen LogP contribution is 2.50. The minimum Gasteiger partial charge on any atom is -0.495 e. The number of hydrogen-bond donors (Lipinski definition) is 2. The number of carbonyl (C=O) groups is 3. The van der Waals surface area contributed by atoms with E-state index in [9.17, 15) is 32.7 Å². The molecule has 0 aliphatic carbocycles. The molecule has 0 aromatic heterocycles. The third-order valence-electron chi connectivity index (χ3n) is 10.5. The van der Waals surface area contributed by atoms with Gasteiger partial charge in [-0.1, -0.05) is 57.0 Å². The monoisotopic (exact) mass is 837 g/mol.